The average molecular weight is 593 g/mol. The molecule has 6 rings (SSSR count). The van der Waals surface area contributed by atoms with Gasteiger partial charge in [0.05, 0.1) is 46.7 Å². The van der Waals surface area contributed by atoms with E-state index in [2.05, 4.69) is 35.5 Å². The fraction of sp³-hybridized carbons (Fsp3) is 0.242. The molecule has 0 aliphatic carbocycles. The number of amides is 1. The fourth-order valence-corrected chi connectivity index (χ4v) is 5.07. The monoisotopic (exact) mass is 592 g/mol. The van der Waals surface area contributed by atoms with E-state index in [4.69, 9.17) is 4.74 Å². The van der Waals surface area contributed by atoms with Crippen LogP contribution in [0.25, 0.3) is 55.6 Å². The van der Waals surface area contributed by atoms with Crippen LogP contribution in [0, 0.1) is 11.7 Å². The van der Waals surface area contributed by atoms with Gasteiger partial charge in [0.25, 0.3) is 0 Å². The molecule has 0 spiro atoms. The van der Waals surface area contributed by atoms with Crippen molar-refractivity contribution in [3.8, 4) is 39.5 Å². The lowest BCUT2D eigenvalue weighted by molar-refractivity contribution is -0.116. The number of rotatable bonds is 10. The lowest BCUT2D eigenvalue weighted by Crippen LogP contribution is -2.19. The predicted octanol–water partition coefficient (Wildman–Crippen LogP) is 6.29. The number of carbonyl (C=O) groups excluding carboxylic acids is 1. The van der Waals surface area contributed by atoms with Crippen LogP contribution in [0.4, 0.5) is 10.1 Å². The van der Waals surface area contributed by atoms with Crippen molar-refractivity contribution < 1.29 is 13.9 Å². The first kappa shape index (κ1) is 28.9. The Balaban J connectivity index is 1.33. The van der Waals surface area contributed by atoms with Gasteiger partial charge in [-0.25, -0.2) is 4.39 Å². The molecular formula is C33H33FN8O2. The van der Waals surface area contributed by atoms with E-state index in [0.29, 0.717) is 41.4 Å². The Kier molecular flexibility index (Phi) is 8.03. The van der Waals surface area contributed by atoms with Crippen LogP contribution in [0.5, 0.6) is 5.75 Å². The molecule has 6 aromatic rings. The molecule has 0 saturated heterocycles. The van der Waals surface area contributed by atoms with Gasteiger partial charge in [-0.1, -0.05) is 13.8 Å². The van der Waals surface area contributed by atoms with Crippen molar-refractivity contribution in [2.75, 3.05) is 32.6 Å². The van der Waals surface area contributed by atoms with Gasteiger partial charge in [0.1, 0.15) is 23.9 Å². The third-order valence-corrected chi connectivity index (χ3v) is 7.15. The van der Waals surface area contributed by atoms with E-state index >= 15 is 0 Å². The summed E-state index contributed by atoms with van der Waals surface area (Å²) in [5.41, 5.74) is 6.52. The van der Waals surface area contributed by atoms with Crippen LogP contribution in [-0.4, -0.2) is 68.2 Å². The topological polar surface area (TPSA) is 125 Å². The molecule has 0 aliphatic rings. The summed E-state index contributed by atoms with van der Waals surface area (Å²) in [6, 6.07) is 10.5. The third kappa shape index (κ3) is 6.28. The molecule has 224 valence electrons. The Morgan fingerprint density at radius 1 is 0.955 bits per heavy atom. The van der Waals surface area contributed by atoms with Gasteiger partial charge >= 0.3 is 0 Å². The van der Waals surface area contributed by atoms with Gasteiger partial charge in [-0.15, -0.1) is 0 Å². The van der Waals surface area contributed by atoms with E-state index in [1.54, 1.807) is 31.0 Å². The van der Waals surface area contributed by atoms with E-state index in [9.17, 15) is 9.18 Å². The molecule has 11 heteroatoms. The summed E-state index contributed by atoms with van der Waals surface area (Å²) in [5, 5.41) is 12.3. The van der Waals surface area contributed by atoms with Crippen molar-refractivity contribution in [2.45, 2.75) is 20.3 Å². The molecule has 0 unspecified atom stereocenters. The quantitative estimate of drug-likeness (QED) is 0.171. The van der Waals surface area contributed by atoms with E-state index < -0.39 is 0 Å². The zero-order valence-corrected chi connectivity index (χ0v) is 25.0. The molecule has 5 heterocycles. The molecule has 1 amide bonds. The van der Waals surface area contributed by atoms with Gasteiger partial charge in [-0.05, 0) is 55.9 Å². The van der Waals surface area contributed by atoms with Crippen LogP contribution in [-0.2, 0) is 4.79 Å². The van der Waals surface area contributed by atoms with Crippen molar-refractivity contribution >= 4 is 33.4 Å². The Morgan fingerprint density at radius 2 is 1.80 bits per heavy atom. The summed E-state index contributed by atoms with van der Waals surface area (Å²) < 4.78 is 20.5. The van der Waals surface area contributed by atoms with Gasteiger partial charge in [-0.2, -0.15) is 5.10 Å². The second-order valence-corrected chi connectivity index (χ2v) is 11.5. The van der Waals surface area contributed by atoms with Crippen molar-refractivity contribution in [2.24, 2.45) is 5.92 Å². The van der Waals surface area contributed by atoms with E-state index in [0.717, 1.165) is 45.2 Å². The first-order chi connectivity index (χ1) is 21.2. The molecule has 0 bridgehead atoms. The van der Waals surface area contributed by atoms with E-state index in [1.165, 1.54) is 12.1 Å². The Labute approximate surface area is 253 Å². The van der Waals surface area contributed by atoms with Gasteiger partial charge in [0.2, 0.25) is 5.91 Å². The zero-order chi connectivity index (χ0) is 30.8. The van der Waals surface area contributed by atoms with Crippen molar-refractivity contribution in [3.63, 3.8) is 0 Å². The number of fused-ring (bicyclic) bond motifs is 2. The second kappa shape index (κ2) is 12.2. The average Bonchev–Trinajstić information content (AvgIpc) is 3.60. The molecule has 0 fully saturated rings. The minimum atomic E-state index is -0.383. The molecule has 0 atom stereocenters. The first-order valence-electron chi connectivity index (χ1n) is 14.4. The SMILES string of the molecule is CC(C)CC(=O)Nc1cncc(-c2cc3c(-c4cc5c(-c6cc(F)cc(OCCN(C)C)c6)cncc5[nH]4)n[nH]c3cn2)c1. The summed E-state index contributed by atoms with van der Waals surface area (Å²) in [7, 11) is 3.92. The Morgan fingerprint density at radius 3 is 2.61 bits per heavy atom. The van der Waals surface area contributed by atoms with Gasteiger partial charge in [0.15, 0.2) is 0 Å². The van der Waals surface area contributed by atoms with Crippen molar-refractivity contribution in [1.82, 2.24) is 35.0 Å². The normalized spacial score (nSPS) is 11.6. The maximum absolute atomic E-state index is 14.7. The van der Waals surface area contributed by atoms with Crippen LogP contribution < -0.4 is 10.1 Å². The highest BCUT2D eigenvalue weighted by atomic mass is 19.1. The standard InChI is InChI=1S/C33H33FN8O2/c1-19(2)7-32(43)38-23-9-21(14-35-15-23)28-13-26-31(18-37-28)40-41-33(26)29-12-25-27(16-36-17-30(25)39-29)20-8-22(34)11-24(10-20)44-6-5-42(3)4/h8-19,39H,5-7H2,1-4H3,(H,38,43)(H,40,41). The summed E-state index contributed by atoms with van der Waals surface area (Å²) in [6.07, 6.45) is 8.96. The maximum atomic E-state index is 14.7. The number of carbonyl (C=O) groups is 1. The molecule has 10 nitrogen and oxygen atoms in total. The summed E-state index contributed by atoms with van der Waals surface area (Å²) >= 11 is 0. The molecule has 1 aromatic carbocycles. The van der Waals surface area contributed by atoms with Gasteiger partial charge in [0, 0.05) is 53.3 Å². The Bertz CT molecular complexity index is 1960. The second-order valence-electron chi connectivity index (χ2n) is 11.5. The lowest BCUT2D eigenvalue weighted by atomic mass is 10.0. The number of hydrogen-bond donors (Lipinski definition) is 3. The molecule has 44 heavy (non-hydrogen) atoms. The summed E-state index contributed by atoms with van der Waals surface area (Å²) in [4.78, 5) is 31.1. The maximum Gasteiger partial charge on any atom is 0.224 e. The molecule has 0 aliphatic heterocycles. The number of nitrogens with zero attached hydrogens (tertiary/aromatic N) is 5. The van der Waals surface area contributed by atoms with E-state index in [1.807, 2.05) is 57.1 Å². The number of likely N-dealkylation sites (N-methyl/N-ethyl adjacent to an activating group) is 1. The number of H-pyrrole nitrogens is 2. The molecule has 3 N–H and O–H groups in total. The number of nitrogens with one attached hydrogen (secondary N) is 3. The number of anilines is 1. The smallest absolute Gasteiger partial charge is 0.224 e. The van der Waals surface area contributed by atoms with Crippen LogP contribution in [0.3, 0.4) is 0 Å². The lowest BCUT2D eigenvalue weighted by Gasteiger charge is -2.12. The predicted molar refractivity (Wildman–Crippen MR) is 170 cm³/mol. The van der Waals surface area contributed by atoms with Gasteiger partial charge in [-0.3, -0.25) is 24.8 Å². The van der Waals surface area contributed by atoms with Crippen LogP contribution >= 0.6 is 0 Å². The minimum Gasteiger partial charge on any atom is -0.492 e. The highest BCUT2D eigenvalue weighted by Gasteiger charge is 2.17. The largest absolute Gasteiger partial charge is 0.492 e. The van der Waals surface area contributed by atoms with Crippen LogP contribution in [0.15, 0.2) is 67.4 Å². The number of aromatic amines is 2. The molecular weight excluding hydrogens is 559 g/mol. The Hall–Kier alpha value is -5.16. The number of aromatic nitrogens is 6. The van der Waals surface area contributed by atoms with Crippen LogP contribution in [0.2, 0.25) is 0 Å². The number of benzene rings is 1. The fourth-order valence-electron chi connectivity index (χ4n) is 5.07. The molecule has 5 aromatic heterocycles. The summed E-state index contributed by atoms with van der Waals surface area (Å²) in [6.45, 7) is 5.17. The van der Waals surface area contributed by atoms with Crippen molar-refractivity contribution in [3.05, 3.63) is 73.2 Å². The molecule has 0 saturated carbocycles. The van der Waals surface area contributed by atoms with Gasteiger partial charge < -0.3 is 19.9 Å². The number of ether oxygens (including phenoxy) is 1. The zero-order valence-electron chi connectivity index (χ0n) is 25.0. The highest BCUT2D eigenvalue weighted by Crippen LogP contribution is 2.35. The minimum absolute atomic E-state index is 0.0570. The van der Waals surface area contributed by atoms with Crippen LogP contribution in [0.1, 0.15) is 20.3 Å². The van der Waals surface area contributed by atoms with E-state index in [-0.39, 0.29) is 17.6 Å². The number of pyridine rings is 3. The highest BCUT2D eigenvalue weighted by molar-refractivity contribution is 6.01. The summed E-state index contributed by atoms with van der Waals surface area (Å²) in [5.74, 6) is 0.278. The number of hydrogen-bond acceptors (Lipinski definition) is 7. The van der Waals surface area contributed by atoms with Crippen molar-refractivity contribution in [1.29, 1.82) is 0 Å². The third-order valence-electron chi connectivity index (χ3n) is 7.15. The molecule has 0 radical (unpaired) electrons. The first-order valence-corrected chi connectivity index (χ1v) is 14.4. The number of halogens is 1.